The van der Waals surface area contributed by atoms with E-state index in [4.69, 9.17) is 0 Å². The molecule has 15 heavy (non-hydrogen) atoms. The van der Waals surface area contributed by atoms with Gasteiger partial charge in [0.1, 0.15) is 0 Å². The topological polar surface area (TPSA) is 40.6 Å². The van der Waals surface area contributed by atoms with E-state index in [1.54, 1.807) is 7.05 Å². The number of rotatable bonds is 4. The second kappa shape index (κ2) is 4.80. The van der Waals surface area contributed by atoms with Crippen LogP contribution in [0, 0.1) is 5.92 Å². The summed E-state index contributed by atoms with van der Waals surface area (Å²) in [7, 11) is -1.37. The van der Waals surface area contributed by atoms with E-state index in [9.17, 15) is 8.42 Å². The summed E-state index contributed by atoms with van der Waals surface area (Å²) in [4.78, 5) is 2.31. The lowest BCUT2D eigenvalue weighted by molar-refractivity contribution is 0.314. The summed E-state index contributed by atoms with van der Waals surface area (Å²) >= 11 is 0. The average molecular weight is 233 g/mol. The number of hydrogen-bond donors (Lipinski definition) is 0. The Balaban J connectivity index is 2.49. The Labute approximate surface area is 93.3 Å². The van der Waals surface area contributed by atoms with Crippen LogP contribution in [0.2, 0.25) is 0 Å². The minimum Gasteiger partial charge on any atom is -0.301 e. The van der Waals surface area contributed by atoms with Gasteiger partial charge in [-0.2, -0.15) is 0 Å². The standard InChI is InChI=1S/C10H21N2O2S/c1-9(2)7-12-6-5-10(8-12)11(3)15(4,13)14/h10H,5-8H2,1-4H3. The maximum Gasteiger partial charge on any atom is 0.211 e. The highest BCUT2D eigenvalue weighted by Crippen LogP contribution is 2.17. The molecule has 1 unspecified atom stereocenters. The van der Waals surface area contributed by atoms with Gasteiger partial charge in [0.25, 0.3) is 0 Å². The highest BCUT2D eigenvalue weighted by molar-refractivity contribution is 7.88. The Morgan fingerprint density at radius 3 is 2.53 bits per heavy atom. The van der Waals surface area contributed by atoms with E-state index in [0.29, 0.717) is 0 Å². The zero-order valence-electron chi connectivity index (χ0n) is 10.0. The molecule has 1 rings (SSSR count). The van der Waals surface area contributed by atoms with E-state index in [1.165, 1.54) is 16.5 Å². The Morgan fingerprint density at radius 1 is 1.47 bits per heavy atom. The van der Waals surface area contributed by atoms with Gasteiger partial charge in [0.2, 0.25) is 10.0 Å². The molecule has 1 saturated heterocycles. The van der Waals surface area contributed by atoms with E-state index in [1.807, 2.05) is 0 Å². The Hall–Kier alpha value is -0.130. The van der Waals surface area contributed by atoms with E-state index in [-0.39, 0.29) is 6.04 Å². The predicted molar refractivity (Wildman–Crippen MR) is 62.0 cm³/mol. The van der Waals surface area contributed by atoms with Gasteiger partial charge in [0.05, 0.1) is 6.26 Å². The van der Waals surface area contributed by atoms with E-state index >= 15 is 0 Å². The molecule has 0 saturated carbocycles. The van der Waals surface area contributed by atoms with Crippen molar-refractivity contribution in [3.63, 3.8) is 0 Å². The van der Waals surface area contributed by atoms with Gasteiger partial charge in [-0.3, -0.25) is 0 Å². The second-order valence-corrected chi connectivity index (χ2v) is 6.71. The third kappa shape index (κ3) is 3.74. The van der Waals surface area contributed by atoms with Crippen molar-refractivity contribution in [2.75, 3.05) is 32.9 Å². The first-order chi connectivity index (χ1) is 6.80. The van der Waals surface area contributed by atoms with Crippen LogP contribution in [0.25, 0.3) is 0 Å². The second-order valence-electron chi connectivity index (χ2n) is 4.66. The van der Waals surface area contributed by atoms with Crippen LogP contribution in [0.4, 0.5) is 0 Å². The predicted octanol–water partition coefficient (Wildman–Crippen LogP) is 0.566. The van der Waals surface area contributed by atoms with Crippen LogP contribution in [0.15, 0.2) is 0 Å². The van der Waals surface area contributed by atoms with Gasteiger partial charge < -0.3 is 4.90 Å². The van der Waals surface area contributed by atoms with Crippen molar-refractivity contribution < 1.29 is 8.42 Å². The molecule has 1 aliphatic heterocycles. The van der Waals surface area contributed by atoms with E-state index in [2.05, 4.69) is 18.7 Å². The maximum absolute atomic E-state index is 11.3. The summed E-state index contributed by atoms with van der Waals surface area (Å²) in [6.07, 6.45) is 2.21. The van der Waals surface area contributed by atoms with Crippen molar-refractivity contribution in [1.29, 1.82) is 0 Å². The molecule has 0 spiro atoms. The zero-order valence-corrected chi connectivity index (χ0v) is 10.8. The van der Waals surface area contributed by atoms with Gasteiger partial charge in [-0.15, -0.1) is 0 Å². The minimum atomic E-state index is -3.04. The summed E-state index contributed by atoms with van der Waals surface area (Å²) in [5, 5.41) is 0. The van der Waals surface area contributed by atoms with Gasteiger partial charge in [0.15, 0.2) is 0 Å². The molecule has 0 aromatic rings. The monoisotopic (exact) mass is 233 g/mol. The molecular formula is C10H21N2O2S. The van der Waals surface area contributed by atoms with Gasteiger partial charge in [-0.05, 0) is 18.9 Å². The molecule has 1 fully saturated rings. The quantitative estimate of drug-likeness (QED) is 0.712. The van der Waals surface area contributed by atoms with Crippen molar-refractivity contribution in [1.82, 2.24) is 9.21 Å². The van der Waals surface area contributed by atoms with E-state index in [0.717, 1.165) is 26.1 Å². The zero-order chi connectivity index (χ0) is 11.6. The highest BCUT2D eigenvalue weighted by atomic mass is 32.2. The van der Waals surface area contributed by atoms with Gasteiger partial charge in [-0.1, -0.05) is 13.8 Å². The van der Waals surface area contributed by atoms with Crippen LogP contribution in [0.1, 0.15) is 20.3 Å². The van der Waals surface area contributed by atoms with Crippen molar-refractivity contribution in [2.45, 2.75) is 26.3 Å². The van der Waals surface area contributed by atoms with Gasteiger partial charge >= 0.3 is 0 Å². The Kier molecular flexibility index (Phi) is 4.14. The first-order valence-corrected chi connectivity index (χ1v) is 7.10. The van der Waals surface area contributed by atoms with Crippen molar-refractivity contribution in [2.24, 2.45) is 0 Å². The number of likely N-dealkylation sites (tertiary alicyclic amines) is 1. The minimum absolute atomic E-state index is 0.152. The van der Waals surface area contributed by atoms with Crippen molar-refractivity contribution >= 4 is 10.0 Å². The third-order valence-electron chi connectivity index (χ3n) is 2.82. The summed E-state index contributed by atoms with van der Waals surface area (Å²) in [5.74, 6) is 1.37. The van der Waals surface area contributed by atoms with Crippen LogP contribution in [0.3, 0.4) is 0 Å². The van der Waals surface area contributed by atoms with Crippen molar-refractivity contribution in [3.8, 4) is 0 Å². The molecular weight excluding hydrogens is 212 g/mol. The summed E-state index contributed by atoms with van der Waals surface area (Å²) in [6.45, 7) is 7.04. The highest BCUT2D eigenvalue weighted by Gasteiger charge is 2.29. The lowest BCUT2D eigenvalue weighted by atomic mass is 10.2. The normalized spacial score (nSPS) is 24.3. The Morgan fingerprint density at radius 2 is 2.07 bits per heavy atom. The first kappa shape index (κ1) is 12.9. The fourth-order valence-electron chi connectivity index (χ4n) is 1.97. The molecule has 1 heterocycles. The molecule has 4 nitrogen and oxygen atoms in total. The summed E-state index contributed by atoms with van der Waals surface area (Å²) in [5.41, 5.74) is 0. The maximum atomic E-state index is 11.3. The average Bonchev–Trinajstić information content (AvgIpc) is 2.48. The van der Waals surface area contributed by atoms with Crippen LogP contribution in [0.5, 0.6) is 0 Å². The molecule has 89 valence electrons. The fourth-order valence-corrected chi connectivity index (χ4v) is 2.68. The van der Waals surface area contributed by atoms with Crippen molar-refractivity contribution in [3.05, 3.63) is 5.92 Å². The molecule has 1 atom stereocenters. The van der Waals surface area contributed by atoms with Crippen LogP contribution >= 0.6 is 0 Å². The SMILES string of the molecule is C[C](C)CN1CCC(N(C)S(C)(=O)=O)C1. The molecule has 0 aromatic heterocycles. The molecule has 0 aliphatic carbocycles. The molecule has 0 aromatic carbocycles. The van der Waals surface area contributed by atoms with Crippen LogP contribution in [-0.2, 0) is 10.0 Å². The first-order valence-electron chi connectivity index (χ1n) is 5.25. The summed E-state index contributed by atoms with van der Waals surface area (Å²) in [6, 6.07) is 0.152. The van der Waals surface area contributed by atoms with Crippen LogP contribution < -0.4 is 0 Å². The number of hydrogen-bond acceptors (Lipinski definition) is 3. The Bertz CT molecular complexity index is 301. The lowest BCUT2D eigenvalue weighted by Gasteiger charge is -2.23. The lowest BCUT2D eigenvalue weighted by Crippen LogP contribution is -2.38. The van der Waals surface area contributed by atoms with E-state index < -0.39 is 10.0 Å². The number of sulfonamides is 1. The molecule has 0 N–H and O–H groups in total. The molecule has 1 aliphatic rings. The smallest absolute Gasteiger partial charge is 0.211 e. The molecule has 1 radical (unpaired) electrons. The molecule has 0 bridgehead atoms. The van der Waals surface area contributed by atoms with Gasteiger partial charge in [-0.25, -0.2) is 12.7 Å². The molecule has 5 heteroatoms. The third-order valence-corrected chi connectivity index (χ3v) is 4.17. The van der Waals surface area contributed by atoms with Crippen LogP contribution in [-0.4, -0.2) is 56.6 Å². The molecule has 0 amide bonds. The number of likely N-dealkylation sites (N-methyl/N-ethyl adjacent to an activating group) is 1. The van der Waals surface area contributed by atoms with Gasteiger partial charge in [0, 0.05) is 26.2 Å². The largest absolute Gasteiger partial charge is 0.301 e. The summed E-state index contributed by atoms with van der Waals surface area (Å²) < 4.78 is 24.2. The number of nitrogens with zero attached hydrogens (tertiary/aromatic N) is 2. The fraction of sp³-hybridized carbons (Fsp3) is 0.900.